The molecular formula is C22H27FN2O5. The Kier molecular flexibility index (Phi) is 7.02. The number of pyridine rings is 1. The topological polar surface area (TPSA) is 97.5 Å². The summed E-state index contributed by atoms with van der Waals surface area (Å²) >= 11 is 0. The van der Waals surface area contributed by atoms with Gasteiger partial charge in [-0.2, -0.15) is 0 Å². The van der Waals surface area contributed by atoms with Crippen molar-refractivity contribution in [2.75, 3.05) is 7.11 Å². The van der Waals surface area contributed by atoms with Crippen molar-refractivity contribution in [3.8, 4) is 11.1 Å². The molecule has 0 atom stereocenters. The summed E-state index contributed by atoms with van der Waals surface area (Å²) in [5.74, 6) is -1.30. The first-order chi connectivity index (χ1) is 13.9. The maximum absolute atomic E-state index is 13.5. The third-order valence-corrected chi connectivity index (χ3v) is 4.25. The van der Waals surface area contributed by atoms with Crippen LogP contribution in [0.2, 0.25) is 0 Å². The number of benzene rings is 1. The second-order valence-electron chi connectivity index (χ2n) is 8.10. The molecule has 7 nitrogen and oxygen atoms in total. The van der Waals surface area contributed by atoms with Crippen LogP contribution in [0.1, 0.15) is 62.2 Å². The molecule has 1 aromatic heterocycles. The molecule has 2 N–H and O–H groups in total. The van der Waals surface area contributed by atoms with E-state index >= 15 is 0 Å². The number of alkyl carbamates (subject to hydrolysis) is 1. The maximum Gasteiger partial charge on any atom is 0.407 e. The molecule has 30 heavy (non-hydrogen) atoms. The SMILES string of the molecule is COC(=O)c1c(C(C)C)[nH]c(=O)c(CNC(=O)OC(C)(C)C)c1-c1ccc(F)cc1. The molecule has 0 unspecified atom stereocenters. The molecule has 2 rings (SSSR count). The number of aromatic nitrogens is 1. The van der Waals surface area contributed by atoms with Crippen LogP contribution in [0.15, 0.2) is 29.1 Å². The van der Waals surface area contributed by atoms with Gasteiger partial charge in [-0.3, -0.25) is 4.79 Å². The predicted molar refractivity (Wildman–Crippen MR) is 111 cm³/mol. The van der Waals surface area contributed by atoms with E-state index in [9.17, 15) is 18.8 Å². The van der Waals surface area contributed by atoms with Crippen LogP contribution >= 0.6 is 0 Å². The number of ether oxygens (including phenoxy) is 2. The quantitative estimate of drug-likeness (QED) is 0.712. The fraction of sp³-hybridized carbons (Fsp3) is 0.409. The highest BCUT2D eigenvalue weighted by atomic mass is 19.1. The van der Waals surface area contributed by atoms with E-state index in [1.54, 1.807) is 20.8 Å². The Hall–Kier alpha value is -3.16. The number of esters is 1. The van der Waals surface area contributed by atoms with Crippen molar-refractivity contribution in [2.45, 2.75) is 52.7 Å². The van der Waals surface area contributed by atoms with Crippen LogP contribution in [-0.2, 0) is 16.0 Å². The number of hydrogen-bond acceptors (Lipinski definition) is 5. The lowest BCUT2D eigenvalue weighted by atomic mass is 9.91. The van der Waals surface area contributed by atoms with Crippen molar-refractivity contribution in [1.29, 1.82) is 0 Å². The number of methoxy groups -OCH3 is 1. The van der Waals surface area contributed by atoms with Gasteiger partial charge >= 0.3 is 12.1 Å². The van der Waals surface area contributed by atoms with E-state index in [2.05, 4.69) is 10.3 Å². The largest absolute Gasteiger partial charge is 0.465 e. The van der Waals surface area contributed by atoms with Gasteiger partial charge in [-0.25, -0.2) is 14.0 Å². The van der Waals surface area contributed by atoms with E-state index in [0.29, 0.717) is 11.3 Å². The summed E-state index contributed by atoms with van der Waals surface area (Å²) in [5.41, 5.74) is 0.247. The first-order valence-electron chi connectivity index (χ1n) is 9.54. The highest BCUT2D eigenvalue weighted by Gasteiger charge is 2.26. The highest BCUT2D eigenvalue weighted by molar-refractivity contribution is 5.99. The van der Waals surface area contributed by atoms with Crippen LogP contribution in [0, 0.1) is 5.82 Å². The first kappa shape index (κ1) is 23.1. The summed E-state index contributed by atoms with van der Waals surface area (Å²) in [6, 6.07) is 5.41. The summed E-state index contributed by atoms with van der Waals surface area (Å²) < 4.78 is 23.7. The van der Waals surface area contributed by atoms with Crippen molar-refractivity contribution < 1.29 is 23.5 Å². The molecule has 1 amide bonds. The zero-order chi connectivity index (χ0) is 22.6. The van der Waals surface area contributed by atoms with Crippen LogP contribution in [0.3, 0.4) is 0 Å². The van der Waals surface area contributed by atoms with Gasteiger partial charge in [0.25, 0.3) is 5.56 Å². The molecule has 0 fully saturated rings. The number of amides is 1. The summed E-state index contributed by atoms with van der Waals surface area (Å²) in [5, 5.41) is 2.54. The monoisotopic (exact) mass is 418 g/mol. The number of nitrogens with one attached hydrogen (secondary N) is 2. The Balaban J connectivity index is 2.68. The van der Waals surface area contributed by atoms with E-state index in [0.717, 1.165) is 0 Å². The Morgan fingerprint density at radius 1 is 1.17 bits per heavy atom. The molecule has 1 heterocycles. The molecule has 0 aliphatic carbocycles. The summed E-state index contributed by atoms with van der Waals surface area (Å²) in [6.07, 6.45) is -0.709. The summed E-state index contributed by atoms with van der Waals surface area (Å²) in [6.45, 7) is 8.61. The molecular weight excluding hydrogens is 391 g/mol. The van der Waals surface area contributed by atoms with E-state index in [-0.39, 0.29) is 29.2 Å². The molecule has 162 valence electrons. The second kappa shape index (κ2) is 9.11. The highest BCUT2D eigenvalue weighted by Crippen LogP contribution is 2.31. The molecule has 0 aliphatic heterocycles. The summed E-state index contributed by atoms with van der Waals surface area (Å²) in [7, 11) is 1.24. The maximum atomic E-state index is 13.5. The Labute approximate surface area is 174 Å². The van der Waals surface area contributed by atoms with Crippen LogP contribution in [0.4, 0.5) is 9.18 Å². The van der Waals surface area contributed by atoms with Gasteiger partial charge in [-0.15, -0.1) is 0 Å². The Bertz CT molecular complexity index is 988. The smallest absolute Gasteiger partial charge is 0.407 e. The third-order valence-electron chi connectivity index (χ3n) is 4.25. The number of halogens is 1. The number of aromatic amines is 1. The molecule has 1 aromatic carbocycles. The Morgan fingerprint density at radius 2 is 1.77 bits per heavy atom. The normalized spacial score (nSPS) is 11.3. The van der Waals surface area contributed by atoms with E-state index < -0.39 is 29.0 Å². The van der Waals surface area contributed by atoms with Crippen molar-refractivity contribution in [3.05, 3.63) is 57.3 Å². The van der Waals surface area contributed by atoms with Gasteiger partial charge in [0.05, 0.1) is 19.2 Å². The average molecular weight is 418 g/mol. The van der Waals surface area contributed by atoms with Gasteiger partial charge in [0.15, 0.2) is 0 Å². The van der Waals surface area contributed by atoms with E-state index in [4.69, 9.17) is 9.47 Å². The predicted octanol–water partition coefficient (Wildman–Crippen LogP) is 4.12. The average Bonchev–Trinajstić information content (AvgIpc) is 2.64. The van der Waals surface area contributed by atoms with E-state index in [1.807, 2.05) is 13.8 Å². The van der Waals surface area contributed by atoms with Crippen LogP contribution in [0.5, 0.6) is 0 Å². The second-order valence-corrected chi connectivity index (χ2v) is 8.10. The van der Waals surface area contributed by atoms with Gasteiger partial charge in [-0.05, 0) is 44.4 Å². The molecule has 0 bridgehead atoms. The minimum Gasteiger partial charge on any atom is -0.465 e. The van der Waals surface area contributed by atoms with Crippen molar-refractivity contribution in [1.82, 2.24) is 10.3 Å². The lowest BCUT2D eigenvalue weighted by Gasteiger charge is -2.21. The van der Waals surface area contributed by atoms with Crippen LogP contribution in [-0.4, -0.2) is 29.8 Å². The number of hydrogen-bond donors (Lipinski definition) is 2. The number of carbonyl (C=O) groups is 2. The van der Waals surface area contributed by atoms with E-state index in [1.165, 1.54) is 31.4 Å². The standard InChI is InChI=1S/C22H27FN2O5/c1-12(2)18-17(20(27)29-6)16(13-7-9-14(23)10-8-13)15(19(26)25-18)11-24-21(28)30-22(3,4)5/h7-10,12H,11H2,1-6H3,(H,24,28)(H,25,26). The molecule has 8 heteroatoms. The van der Waals surface area contributed by atoms with Crippen LogP contribution < -0.4 is 10.9 Å². The fourth-order valence-corrected chi connectivity index (χ4v) is 2.98. The molecule has 0 aliphatic rings. The first-order valence-corrected chi connectivity index (χ1v) is 9.54. The van der Waals surface area contributed by atoms with Gasteiger partial charge in [0.2, 0.25) is 0 Å². The molecule has 0 saturated carbocycles. The van der Waals surface area contributed by atoms with Crippen molar-refractivity contribution >= 4 is 12.1 Å². The molecule has 0 saturated heterocycles. The van der Waals surface area contributed by atoms with Crippen LogP contribution in [0.25, 0.3) is 11.1 Å². The fourth-order valence-electron chi connectivity index (χ4n) is 2.98. The minimum atomic E-state index is -0.713. The van der Waals surface area contributed by atoms with Gasteiger partial charge in [-0.1, -0.05) is 26.0 Å². The zero-order valence-corrected chi connectivity index (χ0v) is 18.0. The van der Waals surface area contributed by atoms with Gasteiger partial charge in [0.1, 0.15) is 11.4 Å². The van der Waals surface area contributed by atoms with Gasteiger partial charge in [0, 0.05) is 16.8 Å². The molecule has 0 radical (unpaired) electrons. The minimum absolute atomic E-state index is 0.136. The Morgan fingerprint density at radius 3 is 2.27 bits per heavy atom. The number of carbonyl (C=O) groups excluding carboxylic acids is 2. The third kappa shape index (κ3) is 5.46. The lowest BCUT2D eigenvalue weighted by molar-refractivity contribution is 0.0523. The van der Waals surface area contributed by atoms with Crippen molar-refractivity contribution in [3.63, 3.8) is 0 Å². The van der Waals surface area contributed by atoms with Crippen molar-refractivity contribution in [2.24, 2.45) is 0 Å². The molecule has 0 spiro atoms. The lowest BCUT2D eigenvalue weighted by Crippen LogP contribution is -2.34. The molecule has 2 aromatic rings. The number of H-pyrrole nitrogens is 1. The zero-order valence-electron chi connectivity index (χ0n) is 18.0. The number of rotatable bonds is 5. The summed E-state index contributed by atoms with van der Waals surface area (Å²) in [4.78, 5) is 40.4. The van der Waals surface area contributed by atoms with Gasteiger partial charge < -0.3 is 19.8 Å².